The van der Waals surface area contributed by atoms with Crippen molar-refractivity contribution in [2.45, 2.75) is 46.7 Å². The van der Waals surface area contributed by atoms with Gasteiger partial charge in [0.1, 0.15) is 11.6 Å². The van der Waals surface area contributed by atoms with Gasteiger partial charge >= 0.3 is 0 Å². The molecule has 0 spiro atoms. The molecule has 102 valence electrons. The summed E-state index contributed by atoms with van der Waals surface area (Å²) < 4.78 is 19.1. The molecule has 0 aliphatic carbocycles. The maximum atomic E-state index is 13.5. The van der Waals surface area contributed by atoms with E-state index in [-0.39, 0.29) is 5.82 Å². The lowest BCUT2D eigenvalue weighted by molar-refractivity contribution is 0.255. The van der Waals surface area contributed by atoms with Crippen molar-refractivity contribution in [1.29, 1.82) is 0 Å². The van der Waals surface area contributed by atoms with Crippen LogP contribution in [0.3, 0.4) is 0 Å². The molecule has 0 aliphatic heterocycles. The quantitative estimate of drug-likeness (QED) is 0.799. The lowest BCUT2D eigenvalue weighted by Gasteiger charge is -2.13. The number of halogens is 1. The van der Waals surface area contributed by atoms with E-state index < -0.39 is 0 Å². The fraction of sp³-hybridized carbons (Fsp3) is 0.600. The predicted molar refractivity (Wildman–Crippen MR) is 73.3 cm³/mol. The standard InChI is InChI=1S/C15H24FNO/c1-5-12(4)10-18-15-7-13(6-14(16)8-15)9-17-11(2)3/h6-8,11-12,17H,5,9-10H2,1-4H3. The fourth-order valence-corrected chi connectivity index (χ4v) is 1.48. The Balaban J connectivity index is 2.62. The van der Waals surface area contributed by atoms with Crippen molar-refractivity contribution in [3.8, 4) is 5.75 Å². The number of hydrogen-bond donors (Lipinski definition) is 1. The number of nitrogens with one attached hydrogen (secondary N) is 1. The summed E-state index contributed by atoms with van der Waals surface area (Å²) in [6.45, 7) is 9.68. The molecule has 0 fully saturated rings. The Labute approximate surface area is 110 Å². The normalized spacial score (nSPS) is 12.8. The van der Waals surface area contributed by atoms with Crippen LogP contribution in [-0.2, 0) is 6.54 Å². The third-order valence-corrected chi connectivity index (χ3v) is 2.88. The van der Waals surface area contributed by atoms with Crippen LogP contribution in [0.1, 0.15) is 39.7 Å². The van der Waals surface area contributed by atoms with E-state index in [1.54, 1.807) is 6.07 Å². The van der Waals surface area contributed by atoms with E-state index in [2.05, 4.69) is 33.0 Å². The zero-order valence-corrected chi connectivity index (χ0v) is 11.8. The van der Waals surface area contributed by atoms with E-state index in [1.807, 2.05) is 6.07 Å². The second kappa shape index (κ2) is 7.37. The molecule has 1 aromatic carbocycles. The minimum absolute atomic E-state index is 0.239. The number of hydrogen-bond acceptors (Lipinski definition) is 2. The van der Waals surface area contributed by atoms with Crippen LogP contribution in [0.15, 0.2) is 18.2 Å². The van der Waals surface area contributed by atoms with Gasteiger partial charge < -0.3 is 10.1 Å². The Hall–Kier alpha value is -1.09. The molecule has 1 aromatic rings. The molecule has 0 saturated carbocycles. The van der Waals surface area contributed by atoms with Gasteiger partial charge in [0.25, 0.3) is 0 Å². The van der Waals surface area contributed by atoms with E-state index in [1.165, 1.54) is 6.07 Å². The van der Waals surface area contributed by atoms with Gasteiger partial charge in [0.15, 0.2) is 0 Å². The molecule has 3 heteroatoms. The van der Waals surface area contributed by atoms with Gasteiger partial charge in [-0.3, -0.25) is 0 Å². The Kier molecular flexibility index (Phi) is 6.13. The van der Waals surface area contributed by atoms with Crippen LogP contribution in [0.4, 0.5) is 4.39 Å². The third kappa shape index (κ3) is 5.50. The molecule has 0 radical (unpaired) electrons. The van der Waals surface area contributed by atoms with Crippen LogP contribution in [-0.4, -0.2) is 12.6 Å². The topological polar surface area (TPSA) is 21.3 Å². The molecule has 0 bridgehead atoms. The Morgan fingerprint density at radius 2 is 1.94 bits per heavy atom. The molecule has 0 saturated heterocycles. The van der Waals surface area contributed by atoms with Crippen LogP contribution in [0.25, 0.3) is 0 Å². The van der Waals surface area contributed by atoms with Crippen LogP contribution in [0.5, 0.6) is 5.75 Å². The lowest BCUT2D eigenvalue weighted by Crippen LogP contribution is -2.21. The van der Waals surface area contributed by atoms with Crippen molar-refractivity contribution >= 4 is 0 Å². The third-order valence-electron chi connectivity index (χ3n) is 2.88. The van der Waals surface area contributed by atoms with Crippen molar-refractivity contribution in [2.24, 2.45) is 5.92 Å². The monoisotopic (exact) mass is 253 g/mol. The molecule has 1 unspecified atom stereocenters. The highest BCUT2D eigenvalue weighted by molar-refractivity contribution is 5.29. The van der Waals surface area contributed by atoms with Crippen LogP contribution in [0.2, 0.25) is 0 Å². The average Bonchev–Trinajstić information content (AvgIpc) is 2.33. The summed E-state index contributed by atoms with van der Waals surface area (Å²) in [5.41, 5.74) is 0.919. The summed E-state index contributed by atoms with van der Waals surface area (Å²) in [6.07, 6.45) is 1.07. The van der Waals surface area contributed by atoms with Gasteiger partial charge in [-0.25, -0.2) is 4.39 Å². The average molecular weight is 253 g/mol. The zero-order chi connectivity index (χ0) is 13.5. The zero-order valence-electron chi connectivity index (χ0n) is 11.8. The summed E-state index contributed by atoms with van der Waals surface area (Å²) in [4.78, 5) is 0. The minimum atomic E-state index is -0.239. The predicted octanol–water partition coefficient (Wildman–Crippen LogP) is 3.75. The van der Waals surface area contributed by atoms with E-state index in [9.17, 15) is 4.39 Å². The summed E-state index contributed by atoms with van der Waals surface area (Å²) >= 11 is 0. The van der Waals surface area contributed by atoms with Crippen molar-refractivity contribution in [1.82, 2.24) is 5.32 Å². The highest BCUT2D eigenvalue weighted by Gasteiger charge is 2.05. The molecule has 1 rings (SSSR count). The maximum Gasteiger partial charge on any atom is 0.127 e. The Bertz CT molecular complexity index is 366. The van der Waals surface area contributed by atoms with Crippen LogP contribution in [0, 0.1) is 11.7 Å². The first kappa shape index (κ1) is 15.0. The molecule has 1 N–H and O–H groups in total. The minimum Gasteiger partial charge on any atom is -0.493 e. The Morgan fingerprint density at radius 1 is 1.22 bits per heavy atom. The number of ether oxygens (including phenoxy) is 1. The van der Waals surface area contributed by atoms with Crippen LogP contribution >= 0.6 is 0 Å². The van der Waals surface area contributed by atoms with E-state index >= 15 is 0 Å². The van der Waals surface area contributed by atoms with Gasteiger partial charge in [-0.05, 0) is 23.6 Å². The van der Waals surface area contributed by atoms with Gasteiger partial charge in [0, 0.05) is 18.7 Å². The fourth-order valence-electron chi connectivity index (χ4n) is 1.48. The smallest absolute Gasteiger partial charge is 0.127 e. The van der Waals surface area contributed by atoms with Gasteiger partial charge in [0.2, 0.25) is 0 Å². The first-order chi connectivity index (χ1) is 8.51. The lowest BCUT2D eigenvalue weighted by atomic mass is 10.1. The van der Waals surface area contributed by atoms with E-state index in [0.29, 0.717) is 30.9 Å². The molecular weight excluding hydrogens is 229 g/mol. The highest BCUT2D eigenvalue weighted by atomic mass is 19.1. The molecule has 2 nitrogen and oxygen atoms in total. The first-order valence-electron chi connectivity index (χ1n) is 6.67. The highest BCUT2D eigenvalue weighted by Crippen LogP contribution is 2.17. The molecule has 0 amide bonds. The second-order valence-electron chi connectivity index (χ2n) is 5.16. The van der Waals surface area contributed by atoms with Gasteiger partial charge in [-0.2, -0.15) is 0 Å². The summed E-state index contributed by atoms with van der Waals surface area (Å²) in [5.74, 6) is 0.874. The van der Waals surface area contributed by atoms with Gasteiger partial charge in [-0.1, -0.05) is 34.1 Å². The van der Waals surface area contributed by atoms with Crippen molar-refractivity contribution in [3.05, 3.63) is 29.6 Å². The van der Waals surface area contributed by atoms with Gasteiger partial charge in [0.05, 0.1) is 6.61 Å². The van der Waals surface area contributed by atoms with Crippen molar-refractivity contribution in [3.63, 3.8) is 0 Å². The van der Waals surface area contributed by atoms with Crippen molar-refractivity contribution in [2.75, 3.05) is 6.61 Å². The SMILES string of the molecule is CCC(C)COc1cc(F)cc(CNC(C)C)c1. The summed E-state index contributed by atoms with van der Waals surface area (Å²) in [6, 6.07) is 5.28. The van der Waals surface area contributed by atoms with E-state index in [0.717, 1.165) is 12.0 Å². The van der Waals surface area contributed by atoms with Crippen LogP contribution < -0.4 is 10.1 Å². The molecule has 0 aromatic heterocycles. The first-order valence-corrected chi connectivity index (χ1v) is 6.67. The molecule has 0 aliphatic rings. The molecule has 0 heterocycles. The maximum absolute atomic E-state index is 13.5. The van der Waals surface area contributed by atoms with Crippen molar-refractivity contribution < 1.29 is 9.13 Å². The second-order valence-corrected chi connectivity index (χ2v) is 5.16. The number of benzene rings is 1. The summed E-state index contributed by atoms with van der Waals surface area (Å²) in [5, 5.41) is 3.27. The molecule has 18 heavy (non-hydrogen) atoms. The molecular formula is C15H24FNO. The molecule has 1 atom stereocenters. The summed E-state index contributed by atoms with van der Waals surface area (Å²) in [7, 11) is 0. The van der Waals surface area contributed by atoms with Gasteiger partial charge in [-0.15, -0.1) is 0 Å². The largest absolute Gasteiger partial charge is 0.493 e. The van der Waals surface area contributed by atoms with E-state index in [4.69, 9.17) is 4.74 Å². The Morgan fingerprint density at radius 3 is 2.56 bits per heavy atom. The number of rotatable bonds is 7.